The smallest absolute Gasteiger partial charge is 0.329 e. The summed E-state index contributed by atoms with van der Waals surface area (Å²) in [5.41, 5.74) is 1.74. The highest BCUT2D eigenvalue weighted by Gasteiger charge is 2.45. The number of aryl methyl sites for hydroxylation is 2. The van der Waals surface area contributed by atoms with Crippen LogP contribution in [0.25, 0.3) is 0 Å². The summed E-state index contributed by atoms with van der Waals surface area (Å²) in [7, 11) is 0. The van der Waals surface area contributed by atoms with Gasteiger partial charge < -0.3 is 10.0 Å². The summed E-state index contributed by atoms with van der Waals surface area (Å²) in [6, 6.07) is 4.12. The van der Waals surface area contributed by atoms with E-state index in [-0.39, 0.29) is 0 Å². The number of nitriles is 1. The Morgan fingerprint density at radius 3 is 2.90 bits per heavy atom. The normalized spacial score (nSPS) is 24.5. The molecule has 1 aliphatic heterocycles. The lowest BCUT2D eigenvalue weighted by atomic mass is 9.94. The summed E-state index contributed by atoms with van der Waals surface area (Å²) in [6.45, 7) is 2.37. The van der Waals surface area contributed by atoms with E-state index in [9.17, 15) is 15.2 Å². The van der Waals surface area contributed by atoms with E-state index in [4.69, 9.17) is 0 Å². The fourth-order valence-electron chi connectivity index (χ4n) is 3.44. The highest BCUT2D eigenvalue weighted by molar-refractivity contribution is 5.84. The number of carboxylic acid groups (broad SMARTS) is 1. The van der Waals surface area contributed by atoms with Crippen LogP contribution in [0.4, 0.5) is 5.82 Å². The molecule has 1 unspecified atom stereocenters. The van der Waals surface area contributed by atoms with Gasteiger partial charge >= 0.3 is 5.97 Å². The number of anilines is 1. The number of fused-ring (bicyclic) bond motifs is 1. The molecule has 0 saturated carbocycles. The second-order valence-corrected chi connectivity index (χ2v) is 6.12. The first-order chi connectivity index (χ1) is 10.1. The SMILES string of the molecule is CC1(C(=O)O)CCCN1c1nc2c(cc1C#N)CCCC2. The average molecular weight is 285 g/mol. The van der Waals surface area contributed by atoms with Crippen LogP contribution in [0.15, 0.2) is 6.07 Å². The maximum absolute atomic E-state index is 11.6. The minimum atomic E-state index is -0.957. The number of rotatable bonds is 2. The Morgan fingerprint density at radius 1 is 1.43 bits per heavy atom. The van der Waals surface area contributed by atoms with Crippen molar-refractivity contribution < 1.29 is 9.90 Å². The van der Waals surface area contributed by atoms with Crippen molar-refractivity contribution >= 4 is 11.8 Å². The van der Waals surface area contributed by atoms with Crippen LogP contribution in [0.1, 0.15) is 49.4 Å². The lowest BCUT2D eigenvalue weighted by molar-refractivity contribution is -0.142. The van der Waals surface area contributed by atoms with Gasteiger partial charge in [0.2, 0.25) is 0 Å². The molecule has 0 radical (unpaired) electrons. The van der Waals surface area contributed by atoms with Gasteiger partial charge in [-0.05, 0) is 57.1 Å². The van der Waals surface area contributed by atoms with Crippen LogP contribution < -0.4 is 4.90 Å². The van der Waals surface area contributed by atoms with E-state index in [1.54, 1.807) is 6.92 Å². The van der Waals surface area contributed by atoms with Crippen LogP contribution in [-0.4, -0.2) is 28.1 Å². The Hall–Kier alpha value is -2.09. The molecule has 1 aromatic rings. The van der Waals surface area contributed by atoms with Crippen molar-refractivity contribution in [3.63, 3.8) is 0 Å². The second kappa shape index (κ2) is 5.03. The molecule has 1 N–H and O–H groups in total. The molecule has 2 aliphatic rings. The maximum Gasteiger partial charge on any atom is 0.329 e. The summed E-state index contributed by atoms with van der Waals surface area (Å²) < 4.78 is 0. The standard InChI is InChI=1S/C16H19N3O2/c1-16(15(20)21)7-4-8-19(16)14-12(10-17)9-11-5-2-3-6-13(11)18-14/h9H,2-8H2,1H3,(H,20,21). The summed E-state index contributed by atoms with van der Waals surface area (Å²) in [5, 5.41) is 19.0. The molecule has 1 aromatic heterocycles. The summed E-state index contributed by atoms with van der Waals surface area (Å²) in [6.07, 6.45) is 5.54. The van der Waals surface area contributed by atoms with Crippen LogP contribution in [0.5, 0.6) is 0 Å². The third-order valence-electron chi connectivity index (χ3n) is 4.76. The second-order valence-electron chi connectivity index (χ2n) is 6.12. The van der Waals surface area contributed by atoms with Crippen LogP contribution in [0.2, 0.25) is 0 Å². The van der Waals surface area contributed by atoms with Crippen molar-refractivity contribution in [2.75, 3.05) is 11.4 Å². The molecular weight excluding hydrogens is 266 g/mol. The molecule has 110 valence electrons. The van der Waals surface area contributed by atoms with E-state index in [0.717, 1.165) is 43.4 Å². The molecule has 0 spiro atoms. The molecule has 0 aromatic carbocycles. The zero-order chi connectivity index (χ0) is 15.0. The first-order valence-corrected chi connectivity index (χ1v) is 7.50. The molecule has 21 heavy (non-hydrogen) atoms. The van der Waals surface area contributed by atoms with Gasteiger partial charge in [0.1, 0.15) is 17.4 Å². The van der Waals surface area contributed by atoms with E-state index in [1.165, 1.54) is 0 Å². The average Bonchev–Trinajstić information content (AvgIpc) is 2.89. The van der Waals surface area contributed by atoms with Gasteiger partial charge in [-0.15, -0.1) is 0 Å². The minimum Gasteiger partial charge on any atom is -0.480 e. The van der Waals surface area contributed by atoms with E-state index >= 15 is 0 Å². The molecule has 2 heterocycles. The molecule has 0 amide bonds. The van der Waals surface area contributed by atoms with Gasteiger partial charge in [-0.25, -0.2) is 9.78 Å². The molecule has 1 atom stereocenters. The number of pyridine rings is 1. The number of aromatic nitrogens is 1. The molecule has 1 fully saturated rings. The van der Waals surface area contributed by atoms with Gasteiger partial charge in [-0.1, -0.05) is 0 Å². The van der Waals surface area contributed by atoms with Crippen LogP contribution in [0.3, 0.4) is 0 Å². The monoisotopic (exact) mass is 285 g/mol. The summed E-state index contributed by atoms with van der Waals surface area (Å²) >= 11 is 0. The Labute approximate surface area is 124 Å². The van der Waals surface area contributed by atoms with Crippen molar-refractivity contribution in [2.45, 2.75) is 51.0 Å². The fraction of sp³-hybridized carbons (Fsp3) is 0.562. The van der Waals surface area contributed by atoms with Crippen LogP contribution in [-0.2, 0) is 17.6 Å². The first-order valence-electron chi connectivity index (χ1n) is 7.50. The number of hydrogen-bond donors (Lipinski definition) is 1. The van der Waals surface area contributed by atoms with Crippen molar-refractivity contribution in [1.29, 1.82) is 5.26 Å². The van der Waals surface area contributed by atoms with Gasteiger partial charge in [0.25, 0.3) is 0 Å². The number of carboxylic acids is 1. The van der Waals surface area contributed by atoms with E-state index < -0.39 is 11.5 Å². The largest absolute Gasteiger partial charge is 0.480 e. The predicted molar refractivity (Wildman–Crippen MR) is 78.2 cm³/mol. The first kappa shape index (κ1) is 13.9. The van der Waals surface area contributed by atoms with Crippen LogP contribution in [0, 0.1) is 11.3 Å². The Morgan fingerprint density at radius 2 is 2.19 bits per heavy atom. The highest BCUT2D eigenvalue weighted by atomic mass is 16.4. The van der Waals surface area contributed by atoms with E-state index in [1.807, 2.05) is 11.0 Å². The predicted octanol–water partition coefficient (Wildman–Crippen LogP) is 2.28. The zero-order valence-corrected chi connectivity index (χ0v) is 12.2. The Bertz CT molecular complexity index is 635. The van der Waals surface area contributed by atoms with Crippen molar-refractivity contribution in [3.05, 3.63) is 22.9 Å². The third kappa shape index (κ3) is 2.15. The summed E-state index contributed by atoms with van der Waals surface area (Å²) in [5.74, 6) is -0.288. The molecule has 1 aliphatic carbocycles. The molecule has 3 rings (SSSR count). The minimum absolute atomic E-state index is 0.505. The molecule has 1 saturated heterocycles. The van der Waals surface area contributed by atoms with Gasteiger partial charge in [0.05, 0.1) is 5.56 Å². The molecular formula is C16H19N3O2. The van der Waals surface area contributed by atoms with E-state index in [0.29, 0.717) is 24.3 Å². The number of carbonyl (C=O) groups is 1. The highest BCUT2D eigenvalue weighted by Crippen LogP contribution is 2.36. The molecule has 5 heteroatoms. The van der Waals surface area contributed by atoms with E-state index in [2.05, 4.69) is 11.1 Å². The summed E-state index contributed by atoms with van der Waals surface area (Å²) in [4.78, 5) is 18.1. The van der Waals surface area contributed by atoms with Crippen molar-refractivity contribution in [2.24, 2.45) is 0 Å². The number of aliphatic carboxylic acids is 1. The lowest BCUT2D eigenvalue weighted by Gasteiger charge is -2.33. The number of hydrogen-bond acceptors (Lipinski definition) is 4. The molecule has 5 nitrogen and oxygen atoms in total. The lowest BCUT2D eigenvalue weighted by Crippen LogP contribution is -2.49. The van der Waals surface area contributed by atoms with Gasteiger partial charge in [0, 0.05) is 12.2 Å². The van der Waals surface area contributed by atoms with Crippen molar-refractivity contribution in [3.8, 4) is 6.07 Å². The zero-order valence-electron chi connectivity index (χ0n) is 12.2. The topological polar surface area (TPSA) is 77.2 Å². The van der Waals surface area contributed by atoms with Gasteiger partial charge in [0.15, 0.2) is 0 Å². The number of nitrogens with zero attached hydrogens (tertiary/aromatic N) is 3. The van der Waals surface area contributed by atoms with Crippen molar-refractivity contribution in [1.82, 2.24) is 4.98 Å². The molecule has 0 bridgehead atoms. The quantitative estimate of drug-likeness (QED) is 0.902. The van der Waals surface area contributed by atoms with Crippen LogP contribution >= 0.6 is 0 Å². The van der Waals surface area contributed by atoms with Gasteiger partial charge in [-0.3, -0.25) is 0 Å². The third-order valence-corrected chi connectivity index (χ3v) is 4.76. The maximum atomic E-state index is 11.6. The van der Waals surface area contributed by atoms with Gasteiger partial charge in [-0.2, -0.15) is 5.26 Å². The Kier molecular flexibility index (Phi) is 3.32. The Balaban J connectivity index is 2.09. The fourth-order valence-corrected chi connectivity index (χ4v) is 3.44.